The van der Waals surface area contributed by atoms with Crippen molar-refractivity contribution in [1.82, 2.24) is 9.21 Å². The van der Waals surface area contributed by atoms with Crippen molar-refractivity contribution >= 4 is 16.0 Å². The number of hydrogen-bond acceptors (Lipinski definition) is 4. The Hall–Kier alpha value is -2.22. The van der Waals surface area contributed by atoms with E-state index in [1.54, 1.807) is 49.5 Å². The summed E-state index contributed by atoms with van der Waals surface area (Å²) >= 11 is 0. The van der Waals surface area contributed by atoms with Crippen LogP contribution in [0.5, 0.6) is 0 Å². The van der Waals surface area contributed by atoms with Crippen molar-refractivity contribution in [3.63, 3.8) is 0 Å². The van der Waals surface area contributed by atoms with Crippen molar-refractivity contribution in [3.8, 4) is 11.1 Å². The Morgan fingerprint density at radius 1 is 1.07 bits per heavy atom. The van der Waals surface area contributed by atoms with Gasteiger partial charge in [0.15, 0.2) is 0 Å². The summed E-state index contributed by atoms with van der Waals surface area (Å²) in [4.78, 5) is 13.8. The maximum absolute atomic E-state index is 13.0. The van der Waals surface area contributed by atoms with E-state index in [-0.39, 0.29) is 16.5 Å². The van der Waals surface area contributed by atoms with Gasteiger partial charge in [0, 0.05) is 13.1 Å². The fourth-order valence-corrected chi connectivity index (χ4v) is 4.86. The molecule has 2 aromatic carbocycles. The molecule has 7 heteroatoms. The predicted octanol–water partition coefficient (Wildman–Crippen LogP) is 2.77. The lowest BCUT2D eigenvalue weighted by Gasteiger charge is -2.34. The van der Waals surface area contributed by atoms with Gasteiger partial charge in [-0.3, -0.25) is 0 Å². The van der Waals surface area contributed by atoms with Gasteiger partial charge in [-0.25, -0.2) is 13.2 Å². The van der Waals surface area contributed by atoms with Gasteiger partial charge < -0.3 is 10.0 Å². The van der Waals surface area contributed by atoms with Gasteiger partial charge in [-0.2, -0.15) is 4.31 Å². The summed E-state index contributed by atoms with van der Waals surface area (Å²) in [6, 6.07) is 13.1. The van der Waals surface area contributed by atoms with Crippen molar-refractivity contribution in [2.45, 2.75) is 23.8 Å². The third-order valence-electron chi connectivity index (χ3n) is 5.20. The number of carbonyl (C=O) groups is 1. The van der Waals surface area contributed by atoms with Crippen LogP contribution in [0.2, 0.25) is 0 Å². The average Bonchev–Trinajstić information content (AvgIpc) is 2.68. The molecule has 0 radical (unpaired) electrons. The molecule has 144 valence electrons. The van der Waals surface area contributed by atoms with Crippen LogP contribution < -0.4 is 0 Å². The highest BCUT2D eigenvalue weighted by Crippen LogP contribution is 2.27. The predicted molar refractivity (Wildman–Crippen MR) is 104 cm³/mol. The number of rotatable bonds is 5. The zero-order chi connectivity index (χ0) is 19.6. The third-order valence-corrected chi connectivity index (χ3v) is 7.13. The van der Waals surface area contributed by atoms with E-state index >= 15 is 0 Å². The largest absolute Gasteiger partial charge is 0.478 e. The molecule has 1 N–H and O–H groups in total. The van der Waals surface area contributed by atoms with Gasteiger partial charge in [-0.05, 0) is 62.3 Å². The molecule has 1 heterocycles. The Labute approximate surface area is 160 Å². The minimum absolute atomic E-state index is 0.00128. The Balaban J connectivity index is 1.85. The number of benzene rings is 2. The second kappa shape index (κ2) is 7.80. The molecule has 1 fully saturated rings. The Morgan fingerprint density at radius 3 is 2.26 bits per heavy atom. The van der Waals surface area contributed by atoms with E-state index in [9.17, 15) is 18.3 Å². The molecule has 2 aromatic rings. The van der Waals surface area contributed by atoms with Crippen LogP contribution in [0.25, 0.3) is 11.1 Å². The summed E-state index contributed by atoms with van der Waals surface area (Å²) < 4.78 is 27.4. The summed E-state index contributed by atoms with van der Waals surface area (Å²) in [5.74, 6) is -1.01. The molecule has 6 nitrogen and oxygen atoms in total. The lowest BCUT2D eigenvalue weighted by atomic mass is 10.00. The van der Waals surface area contributed by atoms with Crippen molar-refractivity contribution in [3.05, 3.63) is 54.1 Å². The number of likely N-dealkylation sites (tertiary alicyclic amines) is 1. The molecule has 27 heavy (non-hydrogen) atoms. The van der Waals surface area contributed by atoms with Crippen LogP contribution in [0.1, 0.15) is 23.2 Å². The number of nitrogens with zero attached hydrogens (tertiary/aromatic N) is 2. The van der Waals surface area contributed by atoms with Crippen molar-refractivity contribution in [2.75, 3.05) is 27.2 Å². The number of sulfonamides is 1. The molecule has 0 aliphatic carbocycles. The van der Waals surface area contributed by atoms with E-state index in [0.717, 1.165) is 25.9 Å². The Morgan fingerprint density at radius 2 is 1.67 bits per heavy atom. The third kappa shape index (κ3) is 4.05. The van der Waals surface area contributed by atoms with Gasteiger partial charge in [0.1, 0.15) is 0 Å². The van der Waals surface area contributed by atoms with E-state index < -0.39 is 16.0 Å². The lowest BCUT2D eigenvalue weighted by Crippen LogP contribution is -2.44. The monoisotopic (exact) mass is 388 g/mol. The van der Waals surface area contributed by atoms with E-state index in [0.29, 0.717) is 11.1 Å². The summed E-state index contributed by atoms with van der Waals surface area (Å²) in [6.45, 7) is 1.77. The van der Waals surface area contributed by atoms with Crippen molar-refractivity contribution < 1.29 is 18.3 Å². The smallest absolute Gasteiger partial charge is 0.336 e. The van der Waals surface area contributed by atoms with Crippen LogP contribution in [-0.4, -0.2) is 61.9 Å². The van der Waals surface area contributed by atoms with Gasteiger partial charge in [0.25, 0.3) is 0 Å². The first-order valence-electron chi connectivity index (χ1n) is 8.90. The SMILES string of the molecule is CN1CCC(N(C)S(=O)(=O)c2ccc(-c3ccccc3C(=O)O)cc2)CC1. The minimum Gasteiger partial charge on any atom is -0.478 e. The summed E-state index contributed by atoms with van der Waals surface area (Å²) in [6.07, 6.45) is 1.63. The highest BCUT2D eigenvalue weighted by atomic mass is 32.2. The van der Waals surface area contributed by atoms with Gasteiger partial charge in [0.05, 0.1) is 10.5 Å². The maximum atomic E-state index is 13.0. The summed E-state index contributed by atoms with van der Waals surface area (Å²) in [5.41, 5.74) is 1.43. The number of piperidine rings is 1. The minimum atomic E-state index is -3.58. The zero-order valence-electron chi connectivity index (χ0n) is 15.5. The number of aromatic carboxylic acids is 1. The molecule has 1 saturated heterocycles. The summed E-state index contributed by atoms with van der Waals surface area (Å²) in [5, 5.41) is 9.34. The maximum Gasteiger partial charge on any atom is 0.336 e. The molecule has 0 amide bonds. The lowest BCUT2D eigenvalue weighted by molar-refractivity contribution is 0.0697. The zero-order valence-corrected chi connectivity index (χ0v) is 16.3. The van der Waals surface area contributed by atoms with Crippen LogP contribution in [0.4, 0.5) is 0 Å². The fourth-order valence-electron chi connectivity index (χ4n) is 3.45. The van der Waals surface area contributed by atoms with Gasteiger partial charge in [-0.1, -0.05) is 30.3 Å². The Kier molecular flexibility index (Phi) is 5.64. The number of carboxylic acids is 1. The van der Waals surface area contributed by atoms with Crippen LogP contribution in [0.15, 0.2) is 53.4 Å². The highest BCUT2D eigenvalue weighted by molar-refractivity contribution is 7.89. The first-order valence-corrected chi connectivity index (χ1v) is 10.3. The van der Waals surface area contributed by atoms with E-state index in [1.807, 2.05) is 7.05 Å². The van der Waals surface area contributed by atoms with Crippen molar-refractivity contribution in [2.24, 2.45) is 0 Å². The molecular formula is C20H24N2O4S. The standard InChI is InChI=1S/C20H24N2O4S/c1-21-13-11-16(12-14-21)22(2)27(25,26)17-9-7-15(8-10-17)18-5-3-4-6-19(18)20(23)24/h3-10,16H,11-14H2,1-2H3,(H,23,24). The molecule has 0 spiro atoms. The molecule has 0 aromatic heterocycles. The van der Waals surface area contributed by atoms with Gasteiger partial charge in [0.2, 0.25) is 10.0 Å². The number of carboxylic acid groups (broad SMARTS) is 1. The first-order chi connectivity index (χ1) is 12.8. The van der Waals surface area contributed by atoms with E-state index in [4.69, 9.17) is 0 Å². The highest BCUT2D eigenvalue weighted by Gasteiger charge is 2.30. The first kappa shape index (κ1) is 19.5. The van der Waals surface area contributed by atoms with Crippen molar-refractivity contribution in [1.29, 1.82) is 0 Å². The van der Waals surface area contributed by atoms with Crippen LogP contribution in [0.3, 0.4) is 0 Å². The fraction of sp³-hybridized carbons (Fsp3) is 0.350. The Bertz CT molecular complexity index is 917. The molecular weight excluding hydrogens is 364 g/mol. The second-order valence-corrected chi connectivity index (χ2v) is 8.93. The molecule has 1 aliphatic rings. The topological polar surface area (TPSA) is 77.9 Å². The molecule has 1 aliphatic heterocycles. The second-order valence-electron chi connectivity index (χ2n) is 6.93. The molecule has 0 atom stereocenters. The quantitative estimate of drug-likeness (QED) is 0.852. The van der Waals surface area contributed by atoms with Crippen LogP contribution in [-0.2, 0) is 10.0 Å². The molecule has 3 rings (SSSR count). The average molecular weight is 388 g/mol. The normalized spacial score (nSPS) is 16.6. The van der Waals surface area contributed by atoms with E-state index in [2.05, 4.69) is 4.90 Å². The molecule has 0 bridgehead atoms. The van der Waals surface area contributed by atoms with Crippen LogP contribution in [0, 0.1) is 0 Å². The molecule has 0 saturated carbocycles. The van der Waals surface area contributed by atoms with Gasteiger partial charge in [-0.15, -0.1) is 0 Å². The summed E-state index contributed by atoms with van der Waals surface area (Å²) in [7, 11) is 0.0949. The van der Waals surface area contributed by atoms with E-state index in [1.165, 1.54) is 10.4 Å². The molecule has 0 unspecified atom stereocenters. The van der Waals surface area contributed by atoms with Crippen LogP contribution >= 0.6 is 0 Å². The number of hydrogen-bond donors (Lipinski definition) is 1. The van der Waals surface area contributed by atoms with Gasteiger partial charge >= 0.3 is 5.97 Å².